The van der Waals surface area contributed by atoms with Gasteiger partial charge in [0.2, 0.25) is 5.91 Å². The van der Waals surface area contributed by atoms with Crippen LogP contribution in [-0.2, 0) is 11.2 Å². The van der Waals surface area contributed by atoms with Crippen molar-refractivity contribution in [3.8, 4) is 0 Å². The number of aromatic nitrogens is 2. The van der Waals surface area contributed by atoms with Crippen LogP contribution in [-0.4, -0.2) is 42.6 Å². The van der Waals surface area contributed by atoms with E-state index in [1.807, 2.05) is 32.8 Å². The first-order valence-corrected chi connectivity index (χ1v) is 7.10. The molecule has 1 aromatic heterocycles. The fraction of sp³-hybridized carbons (Fsp3) is 0.643. The molecule has 1 amide bonds. The average Bonchev–Trinajstić information content (AvgIpc) is 3.22. The van der Waals surface area contributed by atoms with Crippen molar-refractivity contribution >= 4 is 17.5 Å². The van der Waals surface area contributed by atoms with Crippen molar-refractivity contribution in [3.63, 3.8) is 0 Å². The number of hydrogen-bond donors (Lipinski definition) is 2. The second kappa shape index (κ2) is 6.07. The van der Waals surface area contributed by atoms with E-state index in [-0.39, 0.29) is 5.91 Å². The predicted octanol–water partition coefficient (Wildman–Crippen LogP) is 1.10. The summed E-state index contributed by atoms with van der Waals surface area (Å²) in [6, 6.07) is 0.390. The first-order chi connectivity index (χ1) is 9.55. The number of amides is 1. The van der Waals surface area contributed by atoms with Crippen molar-refractivity contribution in [2.24, 2.45) is 0 Å². The molecule has 0 aliphatic heterocycles. The van der Waals surface area contributed by atoms with Gasteiger partial charge in [-0.15, -0.1) is 0 Å². The van der Waals surface area contributed by atoms with Crippen LogP contribution in [0.2, 0.25) is 0 Å². The second-order valence-electron chi connectivity index (χ2n) is 5.24. The number of carbonyl (C=O) groups excluding carboxylic acids is 1. The summed E-state index contributed by atoms with van der Waals surface area (Å²) in [5.74, 6) is 2.47. The summed E-state index contributed by atoms with van der Waals surface area (Å²) in [6.07, 6.45) is 2.97. The zero-order valence-corrected chi connectivity index (χ0v) is 12.7. The topological polar surface area (TPSA) is 70.2 Å². The summed E-state index contributed by atoms with van der Waals surface area (Å²) in [4.78, 5) is 22.8. The number of carbonyl (C=O) groups is 1. The highest BCUT2D eigenvalue weighted by atomic mass is 16.2. The summed E-state index contributed by atoms with van der Waals surface area (Å²) < 4.78 is 0. The molecule has 0 spiro atoms. The van der Waals surface area contributed by atoms with Gasteiger partial charge in [-0.3, -0.25) is 4.79 Å². The molecule has 110 valence electrons. The fourth-order valence-electron chi connectivity index (χ4n) is 2.11. The van der Waals surface area contributed by atoms with Crippen LogP contribution >= 0.6 is 0 Å². The first kappa shape index (κ1) is 14.6. The zero-order chi connectivity index (χ0) is 14.7. The van der Waals surface area contributed by atoms with E-state index in [1.165, 1.54) is 0 Å². The highest BCUT2D eigenvalue weighted by Crippen LogP contribution is 2.23. The maximum Gasteiger partial charge on any atom is 0.239 e. The van der Waals surface area contributed by atoms with E-state index in [2.05, 4.69) is 20.6 Å². The molecule has 6 nitrogen and oxygen atoms in total. The summed E-state index contributed by atoms with van der Waals surface area (Å²) in [7, 11) is 3.74. The van der Waals surface area contributed by atoms with Crippen molar-refractivity contribution in [1.29, 1.82) is 0 Å². The maximum atomic E-state index is 11.9. The van der Waals surface area contributed by atoms with Crippen LogP contribution in [0.5, 0.6) is 0 Å². The van der Waals surface area contributed by atoms with Gasteiger partial charge >= 0.3 is 0 Å². The normalized spacial score (nSPS) is 14.0. The molecule has 0 bridgehead atoms. The molecule has 1 saturated carbocycles. The van der Waals surface area contributed by atoms with Crippen LogP contribution in [0.25, 0.3) is 0 Å². The molecule has 1 fully saturated rings. The number of likely N-dealkylation sites (N-methyl/N-ethyl adjacent to an activating group) is 1. The Labute approximate surface area is 120 Å². The van der Waals surface area contributed by atoms with Gasteiger partial charge in [0, 0.05) is 32.1 Å². The van der Waals surface area contributed by atoms with Crippen LogP contribution in [0.4, 0.5) is 11.6 Å². The molecule has 0 aromatic carbocycles. The summed E-state index contributed by atoms with van der Waals surface area (Å²) in [5, 5.41) is 6.07. The fourth-order valence-corrected chi connectivity index (χ4v) is 2.11. The van der Waals surface area contributed by atoms with Gasteiger partial charge in [-0.2, -0.15) is 0 Å². The molecule has 1 heterocycles. The molecule has 1 aliphatic carbocycles. The van der Waals surface area contributed by atoms with Gasteiger partial charge in [-0.25, -0.2) is 9.97 Å². The van der Waals surface area contributed by atoms with E-state index >= 15 is 0 Å². The third-order valence-corrected chi connectivity index (χ3v) is 3.40. The Kier molecular flexibility index (Phi) is 4.42. The molecule has 0 unspecified atom stereocenters. The maximum absolute atomic E-state index is 11.9. The molecule has 0 radical (unpaired) electrons. The quantitative estimate of drug-likeness (QED) is 0.815. The monoisotopic (exact) mass is 277 g/mol. The van der Waals surface area contributed by atoms with Gasteiger partial charge in [-0.1, -0.05) is 6.92 Å². The lowest BCUT2D eigenvalue weighted by Crippen LogP contribution is -2.37. The van der Waals surface area contributed by atoms with Crippen LogP contribution in [0.1, 0.15) is 31.2 Å². The lowest BCUT2D eigenvalue weighted by atomic mass is 10.2. The molecular weight excluding hydrogens is 254 g/mol. The van der Waals surface area contributed by atoms with E-state index in [4.69, 9.17) is 0 Å². The van der Waals surface area contributed by atoms with Crippen molar-refractivity contribution in [2.45, 2.75) is 39.2 Å². The summed E-state index contributed by atoms with van der Waals surface area (Å²) >= 11 is 0. The van der Waals surface area contributed by atoms with Gasteiger partial charge in [0.1, 0.15) is 17.5 Å². The smallest absolute Gasteiger partial charge is 0.239 e. The highest BCUT2D eigenvalue weighted by Gasteiger charge is 2.24. The zero-order valence-electron chi connectivity index (χ0n) is 12.7. The Balaban J connectivity index is 2.14. The van der Waals surface area contributed by atoms with E-state index in [0.717, 1.165) is 42.3 Å². The van der Waals surface area contributed by atoms with Gasteiger partial charge < -0.3 is 15.5 Å². The number of rotatable bonds is 6. The molecule has 6 heteroatoms. The lowest BCUT2D eigenvalue weighted by Gasteiger charge is -2.21. The Morgan fingerprint density at radius 1 is 1.40 bits per heavy atom. The van der Waals surface area contributed by atoms with Crippen molar-refractivity contribution in [3.05, 3.63) is 11.4 Å². The number of hydrogen-bond acceptors (Lipinski definition) is 5. The van der Waals surface area contributed by atoms with Crippen LogP contribution < -0.4 is 15.5 Å². The second-order valence-corrected chi connectivity index (χ2v) is 5.24. The number of aryl methyl sites for hydroxylation is 1. The van der Waals surface area contributed by atoms with Gasteiger partial charge in [0.25, 0.3) is 0 Å². The average molecular weight is 277 g/mol. The number of nitrogens with one attached hydrogen (secondary N) is 2. The molecule has 1 aromatic rings. The van der Waals surface area contributed by atoms with Crippen LogP contribution in [0.3, 0.4) is 0 Å². The summed E-state index contributed by atoms with van der Waals surface area (Å²) in [6.45, 7) is 4.31. The molecular formula is C14H23N5O. The third-order valence-electron chi connectivity index (χ3n) is 3.40. The minimum atomic E-state index is 0.0528. The Morgan fingerprint density at radius 2 is 2.10 bits per heavy atom. The van der Waals surface area contributed by atoms with E-state index in [9.17, 15) is 4.79 Å². The Hall–Kier alpha value is -1.85. The highest BCUT2D eigenvalue weighted by molar-refractivity contribution is 5.82. The minimum absolute atomic E-state index is 0.0528. The van der Waals surface area contributed by atoms with Crippen molar-refractivity contribution < 1.29 is 4.79 Å². The molecule has 0 atom stereocenters. The van der Waals surface area contributed by atoms with Gasteiger partial charge in [0.05, 0.1) is 6.54 Å². The Morgan fingerprint density at radius 3 is 2.65 bits per heavy atom. The predicted molar refractivity (Wildman–Crippen MR) is 80.1 cm³/mol. The first-order valence-electron chi connectivity index (χ1n) is 7.10. The number of nitrogens with zero attached hydrogens (tertiary/aromatic N) is 3. The SMILES string of the molecule is CCc1nc(NC)c(C)c(N(C)CC(=O)NC2CC2)n1. The van der Waals surface area contributed by atoms with E-state index in [0.29, 0.717) is 12.6 Å². The minimum Gasteiger partial charge on any atom is -0.373 e. The largest absolute Gasteiger partial charge is 0.373 e. The third kappa shape index (κ3) is 3.37. The van der Waals surface area contributed by atoms with Gasteiger partial charge in [-0.05, 0) is 19.8 Å². The van der Waals surface area contributed by atoms with Crippen molar-refractivity contribution in [1.82, 2.24) is 15.3 Å². The molecule has 1 aliphatic rings. The van der Waals surface area contributed by atoms with Crippen LogP contribution in [0.15, 0.2) is 0 Å². The van der Waals surface area contributed by atoms with Gasteiger partial charge in [0.15, 0.2) is 0 Å². The molecule has 20 heavy (non-hydrogen) atoms. The standard InChI is InChI=1S/C14H23N5O/c1-5-11-17-13(15-3)9(2)14(18-11)19(4)8-12(20)16-10-6-7-10/h10H,5-8H2,1-4H3,(H,16,20)(H,15,17,18). The Bertz CT molecular complexity index is 499. The van der Waals surface area contributed by atoms with Crippen LogP contribution in [0, 0.1) is 6.92 Å². The van der Waals surface area contributed by atoms with E-state index in [1.54, 1.807) is 0 Å². The number of anilines is 2. The summed E-state index contributed by atoms with van der Waals surface area (Å²) in [5.41, 5.74) is 0.964. The molecule has 2 rings (SSSR count). The van der Waals surface area contributed by atoms with Crippen molar-refractivity contribution in [2.75, 3.05) is 30.9 Å². The lowest BCUT2D eigenvalue weighted by molar-refractivity contribution is -0.119. The molecule has 0 saturated heterocycles. The molecule has 2 N–H and O–H groups in total. The van der Waals surface area contributed by atoms with E-state index < -0.39 is 0 Å².